The Labute approximate surface area is 218 Å². The summed E-state index contributed by atoms with van der Waals surface area (Å²) in [5, 5.41) is 36.9. The minimum Gasteiger partial charge on any atom is -0.455 e. The molecule has 0 amide bonds. The van der Waals surface area contributed by atoms with Crippen LogP contribution in [0.5, 0.6) is 0 Å². The first-order valence-corrected chi connectivity index (χ1v) is 13.6. The van der Waals surface area contributed by atoms with Crippen molar-refractivity contribution < 1.29 is 39.1 Å². The summed E-state index contributed by atoms with van der Waals surface area (Å²) >= 11 is 0. The van der Waals surface area contributed by atoms with Crippen molar-refractivity contribution in [3.63, 3.8) is 0 Å². The van der Waals surface area contributed by atoms with Gasteiger partial charge in [0.2, 0.25) is 0 Å². The van der Waals surface area contributed by atoms with Crippen LogP contribution in [0.4, 0.5) is 0 Å². The number of hydrogen-bond donors (Lipinski definition) is 3. The Kier molecular flexibility index (Phi) is 5.09. The van der Waals surface area contributed by atoms with Crippen LogP contribution in [-0.4, -0.2) is 74.9 Å². The van der Waals surface area contributed by atoms with Gasteiger partial charge in [0.25, 0.3) is 0 Å². The number of rotatable bonds is 3. The van der Waals surface area contributed by atoms with Crippen LogP contribution in [0.2, 0.25) is 0 Å². The molecule has 6 aliphatic rings. The van der Waals surface area contributed by atoms with Gasteiger partial charge in [0.05, 0.1) is 17.1 Å². The SMILES string of the molecule is CO[C@H]1C=CC(=O)[C@]2(C)[C@H]3CC[C@]4(C)[C@](O)([C@](C)(O)[C@H]5CC(C)=C(C)C(=O)O5)CC[C@@]4(O)[C@@H]3C[C@H]3O[C@]132. The second-order valence-corrected chi connectivity index (χ2v) is 13.2. The van der Waals surface area contributed by atoms with E-state index in [2.05, 4.69) is 0 Å². The third-order valence-corrected chi connectivity index (χ3v) is 12.3. The van der Waals surface area contributed by atoms with Crippen LogP contribution in [0.1, 0.15) is 73.1 Å². The lowest BCUT2D eigenvalue weighted by molar-refractivity contribution is -0.283. The van der Waals surface area contributed by atoms with E-state index in [0.717, 1.165) is 5.57 Å². The summed E-state index contributed by atoms with van der Waals surface area (Å²) in [4.78, 5) is 26.0. The van der Waals surface area contributed by atoms with Gasteiger partial charge in [0.1, 0.15) is 29.0 Å². The number of carbonyl (C=O) groups excluding carboxylic acids is 2. The molecule has 1 saturated heterocycles. The van der Waals surface area contributed by atoms with Gasteiger partial charge in [0.15, 0.2) is 5.78 Å². The maximum absolute atomic E-state index is 13.5. The summed E-state index contributed by atoms with van der Waals surface area (Å²) < 4.78 is 17.7. The molecule has 8 nitrogen and oxygen atoms in total. The normalized spacial score (nSPS) is 54.0. The van der Waals surface area contributed by atoms with Crippen molar-refractivity contribution in [1.29, 1.82) is 0 Å². The van der Waals surface area contributed by atoms with Crippen LogP contribution in [-0.2, 0) is 23.8 Å². The second-order valence-electron chi connectivity index (χ2n) is 13.2. The molecular weight excluding hydrogens is 476 g/mol. The fourth-order valence-electron chi connectivity index (χ4n) is 9.65. The van der Waals surface area contributed by atoms with Crippen molar-refractivity contribution in [2.45, 2.75) is 114 Å². The van der Waals surface area contributed by atoms with Crippen molar-refractivity contribution in [1.82, 2.24) is 0 Å². The fourth-order valence-corrected chi connectivity index (χ4v) is 9.65. The Morgan fingerprint density at radius 1 is 1.11 bits per heavy atom. The van der Waals surface area contributed by atoms with Crippen LogP contribution in [0.25, 0.3) is 0 Å². The van der Waals surface area contributed by atoms with Crippen LogP contribution in [0.15, 0.2) is 23.3 Å². The van der Waals surface area contributed by atoms with E-state index in [1.165, 1.54) is 6.92 Å². The first kappa shape index (κ1) is 25.7. The van der Waals surface area contributed by atoms with Gasteiger partial charge in [0, 0.05) is 24.5 Å². The molecule has 8 heteroatoms. The Morgan fingerprint density at radius 2 is 1.81 bits per heavy atom. The number of hydrogen-bond acceptors (Lipinski definition) is 8. The van der Waals surface area contributed by atoms with E-state index in [9.17, 15) is 24.9 Å². The summed E-state index contributed by atoms with van der Waals surface area (Å²) in [7, 11) is 1.63. The standard InChI is InChI=1S/C29H40O8/c1-15-13-21(36-23(31)16(15)2)26(5,32)28(34)12-11-27(33)18-14-22-29(37-22)20(35-6)8-7-19(30)25(29,4)17(18)9-10-24(27,28)3/h7-8,17-18,20-22,32-34H,9-14H2,1-6H3/t17-,18+,20-,21+,22+,24-,25-,26+,27+,28-,29+/m0/s1. The number of aliphatic hydroxyl groups is 3. The molecule has 2 aliphatic heterocycles. The number of allylic oxidation sites excluding steroid dienone is 1. The average molecular weight is 517 g/mol. The molecule has 4 aliphatic carbocycles. The van der Waals surface area contributed by atoms with Crippen molar-refractivity contribution in [3.8, 4) is 0 Å². The van der Waals surface area contributed by atoms with E-state index in [-0.39, 0.29) is 42.7 Å². The summed E-state index contributed by atoms with van der Waals surface area (Å²) in [6.07, 6.45) is 4.23. The molecule has 0 aromatic rings. The monoisotopic (exact) mass is 516 g/mol. The van der Waals surface area contributed by atoms with Gasteiger partial charge in [-0.1, -0.05) is 12.5 Å². The van der Waals surface area contributed by atoms with Crippen molar-refractivity contribution >= 4 is 11.8 Å². The number of methoxy groups -OCH3 is 1. The topological polar surface area (TPSA) is 126 Å². The van der Waals surface area contributed by atoms with Gasteiger partial charge >= 0.3 is 5.97 Å². The van der Waals surface area contributed by atoms with Gasteiger partial charge in [-0.05, 0) is 83.8 Å². The average Bonchev–Trinajstić information content (AvgIpc) is 3.53. The largest absolute Gasteiger partial charge is 0.455 e. The Bertz CT molecular complexity index is 1140. The molecule has 1 spiro atoms. The molecule has 3 N–H and O–H groups in total. The quantitative estimate of drug-likeness (QED) is 0.386. The highest BCUT2D eigenvalue weighted by Crippen LogP contribution is 2.75. The van der Waals surface area contributed by atoms with Crippen LogP contribution in [0, 0.1) is 22.7 Å². The predicted octanol–water partition coefficient (Wildman–Crippen LogP) is 2.38. The molecule has 6 rings (SSSR count). The smallest absolute Gasteiger partial charge is 0.334 e. The highest BCUT2D eigenvalue weighted by Gasteiger charge is 2.84. The van der Waals surface area contributed by atoms with Gasteiger partial charge in [-0.2, -0.15) is 0 Å². The van der Waals surface area contributed by atoms with Crippen LogP contribution < -0.4 is 0 Å². The number of epoxide rings is 1. The zero-order valence-corrected chi connectivity index (χ0v) is 22.7. The maximum Gasteiger partial charge on any atom is 0.334 e. The molecule has 37 heavy (non-hydrogen) atoms. The molecule has 204 valence electrons. The van der Waals surface area contributed by atoms with Gasteiger partial charge < -0.3 is 29.5 Å². The zero-order chi connectivity index (χ0) is 27.0. The number of cyclic esters (lactones) is 1. The maximum atomic E-state index is 13.5. The first-order valence-electron chi connectivity index (χ1n) is 13.6. The van der Waals surface area contributed by atoms with Crippen LogP contribution >= 0.6 is 0 Å². The van der Waals surface area contributed by atoms with Crippen molar-refractivity contribution in [2.24, 2.45) is 22.7 Å². The third-order valence-electron chi connectivity index (χ3n) is 12.3. The van der Waals surface area contributed by atoms with Crippen molar-refractivity contribution in [2.75, 3.05) is 7.11 Å². The third kappa shape index (κ3) is 2.62. The summed E-state index contributed by atoms with van der Waals surface area (Å²) in [6, 6.07) is 0. The molecule has 2 heterocycles. The molecule has 4 fully saturated rings. The van der Waals surface area contributed by atoms with Gasteiger partial charge in [-0.25, -0.2) is 4.79 Å². The molecule has 0 bridgehead atoms. The lowest BCUT2D eigenvalue weighted by Crippen LogP contribution is -2.73. The highest BCUT2D eigenvalue weighted by atomic mass is 16.6. The van der Waals surface area contributed by atoms with Gasteiger partial charge in [-0.3, -0.25) is 4.79 Å². The van der Waals surface area contributed by atoms with E-state index in [1.807, 2.05) is 20.8 Å². The molecule has 11 atom stereocenters. The zero-order valence-electron chi connectivity index (χ0n) is 22.7. The van der Waals surface area contributed by atoms with Gasteiger partial charge in [-0.15, -0.1) is 0 Å². The van der Waals surface area contributed by atoms with E-state index in [4.69, 9.17) is 14.2 Å². The van der Waals surface area contributed by atoms with E-state index in [1.54, 1.807) is 26.2 Å². The number of ether oxygens (including phenoxy) is 3. The summed E-state index contributed by atoms with van der Waals surface area (Å²) in [5.74, 6) is -0.949. The predicted molar refractivity (Wildman–Crippen MR) is 132 cm³/mol. The van der Waals surface area contributed by atoms with E-state index >= 15 is 0 Å². The molecule has 0 aromatic carbocycles. The molecule has 0 unspecified atom stereocenters. The van der Waals surface area contributed by atoms with E-state index in [0.29, 0.717) is 31.3 Å². The van der Waals surface area contributed by atoms with Crippen LogP contribution in [0.3, 0.4) is 0 Å². The summed E-state index contributed by atoms with van der Waals surface area (Å²) in [5.41, 5.74) is -6.14. The molecule has 0 aromatic heterocycles. The molecular formula is C29H40O8. The number of ketones is 1. The van der Waals surface area contributed by atoms with Crippen molar-refractivity contribution in [3.05, 3.63) is 23.3 Å². The van der Waals surface area contributed by atoms with E-state index < -0.39 is 45.3 Å². The number of esters is 1. The lowest BCUT2D eigenvalue weighted by Gasteiger charge is -2.63. The lowest BCUT2D eigenvalue weighted by atomic mass is 9.42. The molecule has 3 saturated carbocycles. The summed E-state index contributed by atoms with van der Waals surface area (Å²) in [6.45, 7) is 8.91. The Balaban J connectivity index is 1.39. The highest BCUT2D eigenvalue weighted by molar-refractivity contribution is 5.98. The minimum absolute atomic E-state index is 0.00258. The first-order chi connectivity index (χ1) is 17.2. The fraction of sp³-hybridized carbons (Fsp3) is 0.793. The molecule has 0 radical (unpaired) electrons. The number of fused-ring (bicyclic) bond motifs is 4. The number of carbonyl (C=O) groups is 2. The Morgan fingerprint density at radius 3 is 2.46 bits per heavy atom. The Hall–Kier alpha value is -1.58. The second kappa shape index (κ2) is 7.33. The minimum atomic E-state index is -1.79.